The predicted octanol–water partition coefficient (Wildman–Crippen LogP) is 4.42. The van der Waals surface area contributed by atoms with Crippen molar-refractivity contribution in [3.63, 3.8) is 0 Å². The summed E-state index contributed by atoms with van der Waals surface area (Å²) in [5, 5.41) is 5.30. The number of carbonyl (C=O) groups is 2. The monoisotopic (exact) mass is 391 g/mol. The molecule has 3 rings (SSSR count). The molecule has 1 fully saturated rings. The standard InChI is InChI=1S/C20H20F3N3O2/c21-20(22,23)13-6-4-9-15(12-13)25-19(28)17-11-5-10-16(26-17)18(27)24-14-7-2-1-3-8-14/h4-6,9-12,14H,1-3,7-8H2,(H,24,27)(H,25,28). The van der Waals surface area contributed by atoms with Crippen LogP contribution in [0.3, 0.4) is 0 Å². The zero-order chi connectivity index (χ0) is 20.1. The van der Waals surface area contributed by atoms with Crippen molar-refractivity contribution in [2.75, 3.05) is 5.32 Å². The zero-order valence-corrected chi connectivity index (χ0v) is 15.1. The first kappa shape index (κ1) is 19.9. The van der Waals surface area contributed by atoms with Crippen LogP contribution in [0.1, 0.15) is 58.6 Å². The van der Waals surface area contributed by atoms with E-state index in [9.17, 15) is 22.8 Å². The molecule has 0 aliphatic heterocycles. The van der Waals surface area contributed by atoms with E-state index in [0.717, 1.165) is 44.2 Å². The number of benzene rings is 1. The number of carbonyl (C=O) groups excluding carboxylic acids is 2. The minimum Gasteiger partial charge on any atom is -0.348 e. The normalized spacial score (nSPS) is 15.1. The van der Waals surface area contributed by atoms with Crippen LogP contribution in [0.25, 0.3) is 0 Å². The lowest BCUT2D eigenvalue weighted by Gasteiger charge is -2.22. The van der Waals surface area contributed by atoms with Gasteiger partial charge in [-0.2, -0.15) is 13.2 Å². The number of alkyl halides is 3. The molecule has 1 aromatic carbocycles. The van der Waals surface area contributed by atoms with E-state index in [4.69, 9.17) is 0 Å². The molecule has 1 aliphatic rings. The Morgan fingerprint density at radius 1 is 0.929 bits per heavy atom. The summed E-state index contributed by atoms with van der Waals surface area (Å²) in [7, 11) is 0. The lowest BCUT2D eigenvalue weighted by molar-refractivity contribution is -0.137. The highest BCUT2D eigenvalue weighted by Gasteiger charge is 2.30. The van der Waals surface area contributed by atoms with Crippen LogP contribution in [-0.4, -0.2) is 22.8 Å². The number of anilines is 1. The average molecular weight is 391 g/mol. The number of nitrogens with zero attached hydrogens (tertiary/aromatic N) is 1. The molecule has 0 saturated heterocycles. The quantitative estimate of drug-likeness (QED) is 0.811. The fourth-order valence-corrected chi connectivity index (χ4v) is 3.16. The highest BCUT2D eigenvalue weighted by molar-refractivity contribution is 6.03. The molecule has 28 heavy (non-hydrogen) atoms. The number of nitrogens with one attached hydrogen (secondary N) is 2. The summed E-state index contributed by atoms with van der Waals surface area (Å²) in [5.74, 6) is -1.05. The third-order valence-corrected chi connectivity index (χ3v) is 4.60. The molecule has 2 amide bonds. The van der Waals surface area contributed by atoms with Gasteiger partial charge in [0.05, 0.1) is 5.56 Å². The summed E-state index contributed by atoms with van der Waals surface area (Å²) < 4.78 is 38.4. The van der Waals surface area contributed by atoms with Gasteiger partial charge >= 0.3 is 6.18 Å². The second kappa shape index (κ2) is 8.41. The Balaban J connectivity index is 1.69. The Morgan fingerprint density at radius 3 is 2.25 bits per heavy atom. The summed E-state index contributed by atoms with van der Waals surface area (Å²) in [6, 6.07) is 8.85. The first-order valence-corrected chi connectivity index (χ1v) is 9.09. The van der Waals surface area contributed by atoms with Gasteiger partial charge in [-0.15, -0.1) is 0 Å². The van der Waals surface area contributed by atoms with Crippen LogP contribution in [0.4, 0.5) is 18.9 Å². The molecule has 2 N–H and O–H groups in total. The molecular formula is C20H20F3N3O2. The van der Waals surface area contributed by atoms with Gasteiger partial charge in [0, 0.05) is 11.7 Å². The molecule has 0 spiro atoms. The van der Waals surface area contributed by atoms with Crippen molar-refractivity contribution in [3.8, 4) is 0 Å². The highest BCUT2D eigenvalue weighted by atomic mass is 19.4. The first-order valence-electron chi connectivity index (χ1n) is 9.09. The van der Waals surface area contributed by atoms with Crippen molar-refractivity contribution in [1.82, 2.24) is 10.3 Å². The van der Waals surface area contributed by atoms with Gasteiger partial charge in [-0.05, 0) is 43.2 Å². The van der Waals surface area contributed by atoms with Crippen molar-refractivity contribution in [2.45, 2.75) is 44.3 Å². The van der Waals surface area contributed by atoms with Crippen LogP contribution < -0.4 is 10.6 Å². The third-order valence-electron chi connectivity index (χ3n) is 4.60. The zero-order valence-electron chi connectivity index (χ0n) is 15.1. The molecule has 2 aromatic rings. The Morgan fingerprint density at radius 2 is 1.57 bits per heavy atom. The lowest BCUT2D eigenvalue weighted by atomic mass is 9.95. The Bertz CT molecular complexity index is 862. The fraction of sp³-hybridized carbons (Fsp3) is 0.350. The molecule has 0 radical (unpaired) electrons. The molecule has 1 aromatic heterocycles. The molecule has 0 bridgehead atoms. The van der Waals surface area contributed by atoms with Crippen LogP contribution in [-0.2, 0) is 6.18 Å². The molecule has 0 atom stereocenters. The van der Waals surface area contributed by atoms with Crippen molar-refractivity contribution in [2.24, 2.45) is 0 Å². The maximum absolute atomic E-state index is 12.8. The second-order valence-corrected chi connectivity index (χ2v) is 6.75. The largest absolute Gasteiger partial charge is 0.416 e. The van der Waals surface area contributed by atoms with E-state index in [0.29, 0.717) is 0 Å². The molecule has 8 heteroatoms. The summed E-state index contributed by atoms with van der Waals surface area (Å²) >= 11 is 0. The van der Waals surface area contributed by atoms with Crippen LogP contribution in [0.2, 0.25) is 0 Å². The summed E-state index contributed by atoms with van der Waals surface area (Å²) in [6.07, 6.45) is 0.629. The molecule has 1 aliphatic carbocycles. The Labute approximate surface area is 160 Å². The summed E-state index contributed by atoms with van der Waals surface area (Å²) in [4.78, 5) is 28.8. The molecule has 0 unspecified atom stereocenters. The average Bonchev–Trinajstić information content (AvgIpc) is 2.68. The van der Waals surface area contributed by atoms with Crippen molar-refractivity contribution < 1.29 is 22.8 Å². The number of hydrogen-bond acceptors (Lipinski definition) is 3. The van der Waals surface area contributed by atoms with Gasteiger partial charge in [0.15, 0.2) is 0 Å². The number of pyridine rings is 1. The van der Waals surface area contributed by atoms with E-state index in [1.165, 1.54) is 30.3 Å². The molecular weight excluding hydrogens is 371 g/mol. The Kier molecular flexibility index (Phi) is 5.96. The maximum atomic E-state index is 12.8. The van der Waals surface area contributed by atoms with Crippen molar-refractivity contribution in [3.05, 3.63) is 59.4 Å². The van der Waals surface area contributed by atoms with E-state index in [2.05, 4.69) is 15.6 Å². The topological polar surface area (TPSA) is 71.1 Å². The van der Waals surface area contributed by atoms with Gasteiger partial charge in [-0.3, -0.25) is 9.59 Å². The summed E-state index contributed by atoms with van der Waals surface area (Å²) in [6.45, 7) is 0. The van der Waals surface area contributed by atoms with Crippen LogP contribution >= 0.6 is 0 Å². The molecule has 1 saturated carbocycles. The smallest absolute Gasteiger partial charge is 0.348 e. The van der Waals surface area contributed by atoms with Crippen LogP contribution in [0.15, 0.2) is 42.5 Å². The van der Waals surface area contributed by atoms with Gasteiger partial charge in [-0.1, -0.05) is 31.4 Å². The molecule has 1 heterocycles. The first-order chi connectivity index (χ1) is 13.3. The van der Waals surface area contributed by atoms with Gasteiger partial charge in [0.2, 0.25) is 0 Å². The second-order valence-electron chi connectivity index (χ2n) is 6.75. The number of halogens is 3. The summed E-state index contributed by atoms with van der Waals surface area (Å²) in [5.41, 5.74) is -0.812. The third kappa shape index (κ3) is 5.09. The number of amides is 2. The molecule has 148 valence electrons. The van der Waals surface area contributed by atoms with Gasteiger partial charge in [0.25, 0.3) is 11.8 Å². The Hall–Kier alpha value is -2.90. The minimum absolute atomic E-state index is 0.00122. The fourth-order valence-electron chi connectivity index (χ4n) is 3.16. The number of aromatic nitrogens is 1. The van der Waals surface area contributed by atoms with Crippen molar-refractivity contribution in [1.29, 1.82) is 0 Å². The number of hydrogen-bond donors (Lipinski definition) is 2. The van der Waals surface area contributed by atoms with Crippen LogP contribution in [0.5, 0.6) is 0 Å². The van der Waals surface area contributed by atoms with Gasteiger partial charge in [-0.25, -0.2) is 4.98 Å². The van der Waals surface area contributed by atoms with Gasteiger partial charge < -0.3 is 10.6 Å². The molecule has 5 nitrogen and oxygen atoms in total. The minimum atomic E-state index is -4.50. The van der Waals surface area contributed by atoms with Crippen molar-refractivity contribution >= 4 is 17.5 Å². The van der Waals surface area contributed by atoms with E-state index < -0.39 is 17.6 Å². The lowest BCUT2D eigenvalue weighted by Crippen LogP contribution is -2.36. The van der Waals surface area contributed by atoms with Gasteiger partial charge in [0.1, 0.15) is 11.4 Å². The van der Waals surface area contributed by atoms with E-state index in [-0.39, 0.29) is 29.0 Å². The highest BCUT2D eigenvalue weighted by Crippen LogP contribution is 2.30. The van der Waals surface area contributed by atoms with E-state index in [1.807, 2.05) is 0 Å². The van der Waals surface area contributed by atoms with E-state index in [1.54, 1.807) is 0 Å². The predicted molar refractivity (Wildman–Crippen MR) is 98.0 cm³/mol. The van der Waals surface area contributed by atoms with Crippen LogP contribution in [0, 0.1) is 0 Å². The maximum Gasteiger partial charge on any atom is 0.416 e. The number of rotatable bonds is 4. The SMILES string of the molecule is O=C(Nc1cccc(C(F)(F)F)c1)c1cccc(C(=O)NC2CCCCC2)n1. The van der Waals surface area contributed by atoms with E-state index >= 15 is 0 Å².